The van der Waals surface area contributed by atoms with Crippen LogP contribution < -0.4 is 5.32 Å². The van der Waals surface area contributed by atoms with Gasteiger partial charge in [-0.3, -0.25) is 9.69 Å². The molecule has 8 nitrogen and oxygen atoms in total. The summed E-state index contributed by atoms with van der Waals surface area (Å²) in [5.41, 5.74) is 3.26. The number of benzene rings is 1. The Morgan fingerprint density at radius 1 is 1.27 bits per heavy atom. The van der Waals surface area contributed by atoms with Gasteiger partial charge in [-0.25, -0.2) is 8.42 Å². The SMILES string of the molecule is CS(=O)(=O)N1CC[C@H](O[C@@H]2C=CC=C(C(=O)NCC(O)CN3CCc4ccccc4C3)C2)C1. The van der Waals surface area contributed by atoms with Crippen LogP contribution in [0.3, 0.4) is 0 Å². The van der Waals surface area contributed by atoms with Gasteiger partial charge >= 0.3 is 0 Å². The fourth-order valence-electron chi connectivity index (χ4n) is 4.66. The minimum absolute atomic E-state index is 0.173. The molecule has 1 fully saturated rings. The third kappa shape index (κ3) is 6.51. The summed E-state index contributed by atoms with van der Waals surface area (Å²) in [6.07, 6.45) is 7.63. The number of amides is 1. The van der Waals surface area contributed by atoms with E-state index in [-0.39, 0.29) is 24.7 Å². The van der Waals surface area contributed by atoms with Gasteiger partial charge in [-0.2, -0.15) is 4.31 Å². The fourth-order valence-corrected chi connectivity index (χ4v) is 5.54. The molecule has 33 heavy (non-hydrogen) atoms. The maximum Gasteiger partial charge on any atom is 0.247 e. The zero-order valence-corrected chi connectivity index (χ0v) is 19.8. The van der Waals surface area contributed by atoms with Crippen molar-refractivity contribution in [3.05, 3.63) is 59.2 Å². The standard InChI is InChI=1S/C24H33N3O5S/c1-33(30,31)27-12-10-23(17-27)32-22-8-4-7-19(13-22)24(29)25-14-21(28)16-26-11-9-18-5-2-3-6-20(18)15-26/h2-8,21-23,28H,9-17H2,1H3,(H,25,29)/t21?,22-,23+/m1/s1. The van der Waals surface area contributed by atoms with Crippen LogP contribution in [0.15, 0.2) is 48.1 Å². The van der Waals surface area contributed by atoms with Gasteiger partial charge in [-0.15, -0.1) is 0 Å². The summed E-state index contributed by atoms with van der Waals surface area (Å²) >= 11 is 0. The number of hydrogen-bond donors (Lipinski definition) is 2. The third-order valence-corrected chi connectivity index (χ3v) is 7.73. The Morgan fingerprint density at radius 3 is 2.82 bits per heavy atom. The molecular weight excluding hydrogens is 442 g/mol. The fraction of sp³-hybridized carbons (Fsp3) is 0.542. The number of aliphatic hydroxyl groups is 1. The molecule has 9 heteroatoms. The van der Waals surface area contributed by atoms with Crippen LogP contribution in [0.25, 0.3) is 0 Å². The van der Waals surface area contributed by atoms with E-state index in [9.17, 15) is 18.3 Å². The van der Waals surface area contributed by atoms with Crippen molar-refractivity contribution in [3.63, 3.8) is 0 Å². The molecule has 0 radical (unpaired) electrons. The smallest absolute Gasteiger partial charge is 0.247 e. The topological polar surface area (TPSA) is 99.2 Å². The summed E-state index contributed by atoms with van der Waals surface area (Å²) < 4.78 is 30.9. The number of nitrogens with one attached hydrogen (secondary N) is 1. The lowest BCUT2D eigenvalue weighted by Crippen LogP contribution is -2.42. The van der Waals surface area contributed by atoms with Crippen LogP contribution >= 0.6 is 0 Å². The molecule has 180 valence electrons. The molecule has 4 rings (SSSR count). The van der Waals surface area contributed by atoms with Crippen molar-refractivity contribution in [2.24, 2.45) is 0 Å². The lowest BCUT2D eigenvalue weighted by atomic mass is 9.99. The van der Waals surface area contributed by atoms with Gasteiger partial charge in [0.1, 0.15) is 0 Å². The number of allylic oxidation sites excluding steroid dienone is 2. The Balaban J connectivity index is 1.20. The number of ether oxygens (including phenoxy) is 1. The van der Waals surface area contributed by atoms with Crippen LogP contribution in [0, 0.1) is 0 Å². The molecule has 0 saturated carbocycles. The highest BCUT2D eigenvalue weighted by Gasteiger charge is 2.31. The molecule has 2 heterocycles. The van der Waals surface area contributed by atoms with Crippen molar-refractivity contribution in [2.75, 3.05) is 39.0 Å². The molecule has 0 bridgehead atoms. The highest BCUT2D eigenvalue weighted by Crippen LogP contribution is 2.23. The summed E-state index contributed by atoms with van der Waals surface area (Å²) in [6.45, 7) is 3.22. The van der Waals surface area contributed by atoms with Gasteiger partial charge in [0.15, 0.2) is 0 Å². The number of fused-ring (bicyclic) bond motifs is 1. The first kappa shape index (κ1) is 24.1. The molecule has 2 aliphatic heterocycles. The van der Waals surface area contributed by atoms with E-state index in [1.807, 2.05) is 12.1 Å². The second-order valence-electron chi connectivity index (χ2n) is 9.10. The second-order valence-corrected chi connectivity index (χ2v) is 11.1. The lowest BCUT2D eigenvalue weighted by Gasteiger charge is -2.30. The average Bonchev–Trinajstić information content (AvgIpc) is 3.27. The van der Waals surface area contributed by atoms with E-state index in [4.69, 9.17) is 4.74 Å². The first-order chi connectivity index (χ1) is 15.8. The first-order valence-corrected chi connectivity index (χ1v) is 13.4. The normalized spacial score (nSPS) is 24.8. The third-order valence-electron chi connectivity index (χ3n) is 6.46. The lowest BCUT2D eigenvalue weighted by molar-refractivity contribution is -0.118. The number of nitrogens with zero attached hydrogens (tertiary/aromatic N) is 2. The summed E-state index contributed by atoms with van der Waals surface area (Å²) in [4.78, 5) is 14.9. The average molecular weight is 476 g/mol. The zero-order valence-electron chi connectivity index (χ0n) is 19.0. The van der Waals surface area contributed by atoms with E-state index in [0.29, 0.717) is 38.0 Å². The Hall–Kier alpha value is -2.04. The van der Waals surface area contributed by atoms with E-state index >= 15 is 0 Å². The Morgan fingerprint density at radius 2 is 2.06 bits per heavy atom. The van der Waals surface area contributed by atoms with Gasteiger partial charge in [0.05, 0.1) is 24.6 Å². The molecule has 1 saturated heterocycles. The van der Waals surface area contributed by atoms with Gasteiger partial charge in [0.25, 0.3) is 0 Å². The minimum Gasteiger partial charge on any atom is -0.390 e. The predicted octanol–water partition coefficient (Wildman–Crippen LogP) is 0.827. The maximum absolute atomic E-state index is 12.6. The predicted molar refractivity (Wildman–Crippen MR) is 126 cm³/mol. The number of sulfonamides is 1. The molecule has 0 spiro atoms. The summed E-state index contributed by atoms with van der Waals surface area (Å²) in [5, 5.41) is 13.3. The van der Waals surface area contributed by atoms with Crippen molar-refractivity contribution in [2.45, 2.75) is 44.1 Å². The van der Waals surface area contributed by atoms with Gasteiger partial charge < -0.3 is 15.2 Å². The molecule has 1 aromatic carbocycles. The van der Waals surface area contributed by atoms with Crippen molar-refractivity contribution in [1.82, 2.24) is 14.5 Å². The van der Waals surface area contributed by atoms with E-state index in [1.54, 1.807) is 12.2 Å². The number of rotatable bonds is 8. The molecule has 0 aromatic heterocycles. The molecule has 1 aliphatic carbocycles. The van der Waals surface area contributed by atoms with Gasteiger partial charge in [-0.1, -0.05) is 42.5 Å². The number of carbonyl (C=O) groups is 1. The van der Waals surface area contributed by atoms with E-state index in [0.717, 1.165) is 19.5 Å². The van der Waals surface area contributed by atoms with Crippen LogP contribution in [0.2, 0.25) is 0 Å². The minimum atomic E-state index is -3.21. The van der Waals surface area contributed by atoms with Crippen LogP contribution in [-0.4, -0.2) is 85.9 Å². The highest BCUT2D eigenvalue weighted by atomic mass is 32.2. The zero-order chi connectivity index (χ0) is 23.4. The van der Waals surface area contributed by atoms with Crippen molar-refractivity contribution in [3.8, 4) is 0 Å². The van der Waals surface area contributed by atoms with E-state index in [1.165, 1.54) is 21.7 Å². The number of aliphatic hydroxyl groups excluding tert-OH is 1. The second kappa shape index (κ2) is 10.5. The monoisotopic (exact) mass is 475 g/mol. The first-order valence-electron chi connectivity index (χ1n) is 11.5. The summed E-state index contributed by atoms with van der Waals surface area (Å²) in [6, 6.07) is 8.38. The van der Waals surface area contributed by atoms with Crippen LogP contribution in [0.1, 0.15) is 24.0 Å². The highest BCUT2D eigenvalue weighted by molar-refractivity contribution is 7.88. The molecule has 1 amide bonds. The molecule has 1 aromatic rings. The molecule has 2 N–H and O–H groups in total. The van der Waals surface area contributed by atoms with Gasteiger partial charge in [0.2, 0.25) is 15.9 Å². The Bertz CT molecular complexity index is 1020. The molecular formula is C24H33N3O5S. The van der Waals surface area contributed by atoms with E-state index < -0.39 is 16.1 Å². The van der Waals surface area contributed by atoms with Crippen molar-refractivity contribution >= 4 is 15.9 Å². The quantitative estimate of drug-likeness (QED) is 0.578. The molecule has 1 unspecified atom stereocenters. The summed E-state index contributed by atoms with van der Waals surface area (Å²) in [5.74, 6) is -0.208. The Labute approximate surface area is 196 Å². The van der Waals surface area contributed by atoms with Gasteiger partial charge in [0, 0.05) is 51.3 Å². The Kier molecular flexibility index (Phi) is 7.65. The van der Waals surface area contributed by atoms with E-state index in [2.05, 4.69) is 28.4 Å². The van der Waals surface area contributed by atoms with Crippen molar-refractivity contribution in [1.29, 1.82) is 0 Å². The van der Waals surface area contributed by atoms with Crippen LogP contribution in [-0.2, 0) is 32.5 Å². The van der Waals surface area contributed by atoms with Crippen molar-refractivity contribution < 1.29 is 23.1 Å². The molecule has 3 atom stereocenters. The summed E-state index contributed by atoms with van der Waals surface area (Å²) in [7, 11) is -3.21. The number of hydrogen-bond acceptors (Lipinski definition) is 6. The number of carbonyl (C=O) groups excluding carboxylic acids is 1. The number of β-amino-alcohol motifs (C(OH)–C–C–N with tert-alkyl or cyclic N) is 1. The van der Waals surface area contributed by atoms with Crippen LogP contribution in [0.4, 0.5) is 0 Å². The van der Waals surface area contributed by atoms with Crippen LogP contribution in [0.5, 0.6) is 0 Å². The van der Waals surface area contributed by atoms with Gasteiger partial charge in [-0.05, 0) is 24.0 Å². The maximum atomic E-state index is 12.6. The molecule has 3 aliphatic rings. The largest absolute Gasteiger partial charge is 0.390 e.